The summed E-state index contributed by atoms with van der Waals surface area (Å²) in [5.74, 6) is 1.88. The third-order valence-corrected chi connectivity index (χ3v) is 8.19. The summed E-state index contributed by atoms with van der Waals surface area (Å²) in [6.45, 7) is 0. The summed E-state index contributed by atoms with van der Waals surface area (Å²) in [5.41, 5.74) is 4.41. The first-order chi connectivity index (χ1) is 21.3. The highest BCUT2D eigenvalue weighted by molar-refractivity contribution is 6.17. The molecular formula is C38H22N4O. The van der Waals surface area contributed by atoms with E-state index in [1.807, 2.05) is 12.1 Å². The molecule has 3 heterocycles. The third kappa shape index (κ3) is 3.86. The van der Waals surface area contributed by atoms with Crippen LogP contribution >= 0.6 is 0 Å². The van der Waals surface area contributed by atoms with Crippen molar-refractivity contribution in [3.63, 3.8) is 0 Å². The minimum atomic E-state index is 0.615. The Hall–Kier alpha value is -5.94. The Balaban J connectivity index is 1.30. The first-order valence-corrected chi connectivity index (χ1v) is 14.2. The molecule has 0 atom stereocenters. The zero-order valence-corrected chi connectivity index (χ0v) is 22.9. The van der Waals surface area contributed by atoms with E-state index in [4.69, 9.17) is 19.4 Å². The van der Waals surface area contributed by atoms with Gasteiger partial charge in [-0.15, -0.1) is 0 Å². The Bertz CT molecular complexity index is 2430. The van der Waals surface area contributed by atoms with Gasteiger partial charge in [-0.1, -0.05) is 97.1 Å². The van der Waals surface area contributed by atoms with Gasteiger partial charge in [0.1, 0.15) is 5.58 Å². The lowest BCUT2D eigenvalue weighted by atomic mass is 10.0. The lowest BCUT2D eigenvalue weighted by Crippen LogP contribution is -2.00. The molecule has 0 aliphatic rings. The maximum absolute atomic E-state index is 6.31. The molecule has 0 spiro atoms. The van der Waals surface area contributed by atoms with Gasteiger partial charge in [-0.05, 0) is 51.2 Å². The van der Waals surface area contributed by atoms with E-state index >= 15 is 0 Å². The number of nitrogens with zero attached hydrogens (tertiary/aromatic N) is 4. The van der Waals surface area contributed by atoms with Crippen LogP contribution in [0.4, 0.5) is 0 Å². The van der Waals surface area contributed by atoms with Crippen LogP contribution in [0, 0.1) is 0 Å². The van der Waals surface area contributed by atoms with Crippen molar-refractivity contribution in [1.82, 2.24) is 19.9 Å². The average Bonchev–Trinajstić information content (AvgIpc) is 3.47. The number of furan rings is 1. The van der Waals surface area contributed by atoms with E-state index in [9.17, 15) is 0 Å². The van der Waals surface area contributed by atoms with Gasteiger partial charge >= 0.3 is 0 Å². The fourth-order valence-electron chi connectivity index (χ4n) is 6.05. The molecule has 0 radical (unpaired) electrons. The molecule has 0 saturated heterocycles. The molecule has 0 N–H and O–H groups in total. The summed E-state index contributed by atoms with van der Waals surface area (Å²) in [7, 11) is 0. The average molecular weight is 551 g/mol. The molecule has 6 aromatic carbocycles. The molecule has 9 aromatic rings. The van der Waals surface area contributed by atoms with Crippen molar-refractivity contribution in [1.29, 1.82) is 0 Å². The van der Waals surface area contributed by atoms with Crippen molar-refractivity contribution in [2.24, 2.45) is 0 Å². The fraction of sp³-hybridized carbons (Fsp3) is 0. The summed E-state index contributed by atoms with van der Waals surface area (Å²) in [6.07, 6.45) is 3.56. The van der Waals surface area contributed by atoms with Crippen LogP contribution in [-0.2, 0) is 0 Å². The van der Waals surface area contributed by atoms with E-state index in [0.29, 0.717) is 17.5 Å². The van der Waals surface area contributed by atoms with E-state index in [2.05, 4.69) is 114 Å². The maximum Gasteiger partial charge on any atom is 0.164 e. The zero-order chi connectivity index (χ0) is 28.3. The highest BCUT2D eigenvalue weighted by Crippen LogP contribution is 2.37. The van der Waals surface area contributed by atoms with Crippen LogP contribution in [0.3, 0.4) is 0 Å². The zero-order valence-electron chi connectivity index (χ0n) is 22.9. The van der Waals surface area contributed by atoms with Crippen molar-refractivity contribution >= 4 is 54.3 Å². The second kappa shape index (κ2) is 9.29. The van der Waals surface area contributed by atoms with Crippen molar-refractivity contribution in [3.05, 3.63) is 134 Å². The van der Waals surface area contributed by atoms with Crippen molar-refractivity contribution in [2.45, 2.75) is 0 Å². The highest BCUT2D eigenvalue weighted by atomic mass is 16.3. The van der Waals surface area contributed by atoms with Gasteiger partial charge in [0.2, 0.25) is 0 Å². The molecule has 200 valence electrons. The largest absolute Gasteiger partial charge is 0.454 e. The molecule has 9 rings (SSSR count). The molecule has 0 aliphatic carbocycles. The third-order valence-electron chi connectivity index (χ3n) is 8.19. The van der Waals surface area contributed by atoms with Crippen LogP contribution in [-0.4, -0.2) is 19.9 Å². The number of hydrogen-bond acceptors (Lipinski definition) is 5. The van der Waals surface area contributed by atoms with Gasteiger partial charge in [0.15, 0.2) is 23.1 Å². The lowest BCUT2D eigenvalue weighted by molar-refractivity contribution is 0.670. The Labute approximate surface area is 246 Å². The molecular weight excluding hydrogens is 528 g/mol. The van der Waals surface area contributed by atoms with Gasteiger partial charge in [-0.25, -0.2) is 15.0 Å². The number of pyridine rings is 1. The van der Waals surface area contributed by atoms with Crippen LogP contribution in [0.1, 0.15) is 0 Å². The van der Waals surface area contributed by atoms with Crippen LogP contribution < -0.4 is 0 Å². The Kier molecular flexibility index (Phi) is 5.13. The first-order valence-electron chi connectivity index (χ1n) is 14.2. The van der Waals surface area contributed by atoms with E-state index in [1.54, 1.807) is 12.4 Å². The number of rotatable bonds is 3. The van der Waals surface area contributed by atoms with Gasteiger partial charge in [0.05, 0.1) is 6.20 Å². The Morgan fingerprint density at radius 3 is 1.74 bits per heavy atom. The van der Waals surface area contributed by atoms with E-state index in [-0.39, 0.29) is 0 Å². The minimum absolute atomic E-state index is 0.615. The summed E-state index contributed by atoms with van der Waals surface area (Å²) >= 11 is 0. The monoisotopic (exact) mass is 550 g/mol. The molecule has 0 amide bonds. The molecule has 43 heavy (non-hydrogen) atoms. The standard InChI is InChI=1S/C38H22N4O/c1-3-8-25-20-27(14-12-23(25)6-1)36-40-37(28-15-13-24-7-2-4-9-26(24)21-28)42-38(41-36)33-11-5-10-31-29(33)16-17-32-30-18-19-39-22-34(30)43-35(31)32/h1-22H. The summed E-state index contributed by atoms with van der Waals surface area (Å²) in [5, 5.41) is 8.76. The number of hydrogen-bond donors (Lipinski definition) is 0. The van der Waals surface area contributed by atoms with Crippen LogP contribution in [0.25, 0.3) is 88.4 Å². The minimum Gasteiger partial charge on any atom is -0.454 e. The smallest absolute Gasteiger partial charge is 0.164 e. The van der Waals surface area contributed by atoms with Gasteiger partial charge in [0.25, 0.3) is 0 Å². The molecule has 5 nitrogen and oxygen atoms in total. The van der Waals surface area contributed by atoms with Crippen LogP contribution in [0.2, 0.25) is 0 Å². The van der Waals surface area contributed by atoms with Crippen molar-refractivity contribution in [2.75, 3.05) is 0 Å². The van der Waals surface area contributed by atoms with Crippen LogP contribution in [0.5, 0.6) is 0 Å². The Morgan fingerprint density at radius 2 is 1.05 bits per heavy atom. The van der Waals surface area contributed by atoms with Gasteiger partial charge < -0.3 is 4.42 Å². The van der Waals surface area contributed by atoms with E-state index < -0.39 is 0 Å². The predicted molar refractivity (Wildman–Crippen MR) is 174 cm³/mol. The van der Waals surface area contributed by atoms with Crippen LogP contribution in [0.15, 0.2) is 138 Å². The molecule has 0 unspecified atom stereocenters. The maximum atomic E-state index is 6.31. The number of fused-ring (bicyclic) bond motifs is 7. The van der Waals surface area contributed by atoms with Gasteiger partial charge in [-0.3, -0.25) is 4.98 Å². The predicted octanol–water partition coefficient (Wildman–Crippen LogP) is 9.63. The number of benzene rings is 6. The quantitative estimate of drug-likeness (QED) is 0.219. The normalized spacial score (nSPS) is 11.7. The summed E-state index contributed by atoms with van der Waals surface area (Å²) in [4.78, 5) is 19.4. The van der Waals surface area contributed by atoms with E-state index in [1.165, 1.54) is 10.8 Å². The molecule has 0 fully saturated rings. The summed E-state index contributed by atoms with van der Waals surface area (Å²) in [6, 6.07) is 41.8. The fourth-order valence-corrected chi connectivity index (χ4v) is 6.05. The van der Waals surface area contributed by atoms with Crippen molar-refractivity contribution < 1.29 is 4.42 Å². The second-order valence-electron chi connectivity index (χ2n) is 10.7. The first kappa shape index (κ1) is 23.7. The molecule has 0 bridgehead atoms. The van der Waals surface area contributed by atoms with Crippen molar-refractivity contribution in [3.8, 4) is 34.2 Å². The highest BCUT2D eigenvalue weighted by Gasteiger charge is 2.17. The molecule has 5 heteroatoms. The lowest BCUT2D eigenvalue weighted by Gasteiger charge is -2.11. The second-order valence-corrected chi connectivity index (χ2v) is 10.7. The summed E-state index contributed by atoms with van der Waals surface area (Å²) < 4.78 is 6.31. The van der Waals surface area contributed by atoms with Gasteiger partial charge in [-0.2, -0.15) is 0 Å². The Morgan fingerprint density at radius 1 is 0.442 bits per heavy atom. The molecule has 3 aromatic heterocycles. The SMILES string of the molecule is c1ccc2cc(-c3nc(-c4ccc5ccccc5c4)nc(-c4cccc5c4ccc4c6ccncc6oc54)n3)ccc2c1. The van der Waals surface area contributed by atoms with E-state index in [0.717, 1.165) is 60.2 Å². The van der Waals surface area contributed by atoms with Gasteiger partial charge in [0, 0.05) is 39.0 Å². The topological polar surface area (TPSA) is 64.7 Å². The number of aromatic nitrogens is 4. The molecule has 0 saturated carbocycles. The molecule has 0 aliphatic heterocycles.